The number of rotatable bonds is 2. The number of hydrogen-bond donors (Lipinski definition) is 1. The van der Waals surface area contributed by atoms with Crippen LogP contribution in [0.4, 0.5) is 0 Å². The van der Waals surface area contributed by atoms with Gasteiger partial charge in [-0.25, -0.2) is 0 Å². The van der Waals surface area contributed by atoms with Crippen molar-refractivity contribution >= 4 is 28.4 Å². The molecule has 1 aliphatic heterocycles. The zero-order valence-electron chi connectivity index (χ0n) is 11.9. The minimum Gasteiger partial charge on any atom is -0.336 e. The fourth-order valence-corrected chi connectivity index (χ4v) is 3.30. The van der Waals surface area contributed by atoms with E-state index in [9.17, 15) is 4.79 Å². The number of nitrogens with two attached hydrogens (primary N) is 1. The minimum absolute atomic E-state index is 0.00958. The molecular formula is C16H18ClN3O. The molecule has 2 aromatic rings. The highest BCUT2D eigenvalue weighted by atomic mass is 35.5. The van der Waals surface area contributed by atoms with E-state index in [0.29, 0.717) is 35.1 Å². The lowest BCUT2D eigenvalue weighted by Gasteiger charge is -2.22. The summed E-state index contributed by atoms with van der Waals surface area (Å²) >= 11 is 6.15. The number of carbonyl (C=O) groups is 1. The Kier molecular flexibility index (Phi) is 3.83. The van der Waals surface area contributed by atoms with E-state index < -0.39 is 0 Å². The summed E-state index contributed by atoms with van der Waals surface area (Å²) < 4.78 is 0. The maximum atomic E-state index is 12.9. The van der Waals surface area contributed by atoms with Gasteiger partial charge in [0, 0.05) is 29.2 Å². The van der Waals surface area contributed by atoms with Gasteiger partial charge < -0.3 is 10.6 Å². The van der Waals surface area contributed by atoms with Crippen molar-refractivity contribution in [2.24, 2.45) is 11.7 Å². The standard InChI is InChI=1S/C16H18ClN3O/c1-10-5-11(8-18)9-20(10)16(21)14-7-13(17)6-12-3-2-4-19-15(12)14/h2-4,6-7,10-11H,5,8-9,18H2,1H3. The summed E-state index contributed by atoms with van der Waals surface area (Å²) in [6.45, 7) is 3.38. The normalized spacial score (nSPS) is 22.0. The van der Waals surface area contributed by atoms with E-state index in [1.54, 1.807) is 12.3 Å². The number of aromatic nitrogens is 1. The first-order valence-electron chi connectivity index (χ1n) is 7.15. The Bertz CT molecular complexity index is 688. The highest BCUT2D eigenvalue weighted by molar-refractivity contribution is 6.32. The van der Waals surface area contributed by atoms with Crippen LogP contribution in [0.2, 0.25) is 5.02 Å². The van der Waals surface area contributed by atoms with Gasteiger partial charge in [-0.1, -0.05) is 17.7 Å². The van der Waals surface area contributed by atoms with Gasteiger partial charge >= 0.3 is 0 Å². The molecule has 1 fully saturated rings. The van der Waals surface area contributed by atoms with Crippen LogP contribution in [0.25, 0.3) is 10.9 Å². The molecule has 1 amide bonds. The highest BCUT2D eigenvalue weighted by Gasteiger charge is 2.33. The van der Waals surface area contributed by atoms with E-state index in [2.05, 4.69) is 11.9 Å². The van der Waals surface area contributed by atoms with Crippen LogP contribution in [-0.4, -0.2) is 34.9 Å². The van der Waals surface area contributed by atoms with Gasteiger partial charge in [0.05, 0.1) is 11.1 Å². The predicted molar refractivity (Wildman–Crippen MR) is 84.4 cm³/mol. The number of benzene rings is 1. The molecule has 1 aromatic heterocycles. The van der Waals surface area contributed by atoms with Crippen LogP contribution < -0.4 is 5.73 Å². The summed E-state index contributed by atoms with van der Waals surface area (Å²) in [6.07, 6.45) is 2.65. The molecule has 2 atom stereocenters. The molecule has 5 heteroatoms. The SMILES string of the molecule is CC1CC(CN)CN1C(=O)c1cc(Cl)cc2cccnc12. The topological polar surface area (TPSA) is 59.2 Å². The van der Waals surface area contributed by atoms with Crippen molar-refractivity contribution in [3.8, 4) is 0 Å². The molecule has 1 aliphatic rings. The third-order valence-electron chi connectivity index (χ3n) is 4.16. The summed E-state index contributed by atoms with van der Waals surface area (Å²) in [4.78, 5) is 19.1. The summed E-state index contributed by atoms with van der Waals surface area (Å²) in [5.41, 5.74) is 7.02. The van der Waals surface area contributed by atoms with Gasteiger partial charge in [-0.3, -0.25) is 9.78 Å². The first-order valence-corrected chi connectivity index (χ1v) is 7.53. The van der Waals surface area contributed by atoms with Crippen molar-refractivity contribution in [2.45, 2.75) is 19.4 Å². The van der Waals surface area contributed by atoms with Crippen LogP contribution >= 0.6 is 11.6 Å². The van der Waals surface area contributed by atoms with Crippen LogP contribution in [0.3, 0.4) is 0 Å². The Hall–Kier alpha value is -1.65. The average Bonchev–Trinajstić information content (AvgIpc) is 2.86. The Morgan fingerprint density at radius 3 is 3.05 bits per heavy atom. The summed E-state index contributed by atoms with van der Waals surface area (Å²) in [5, 5.41) is 1.44. The zero-order valence-corrected chi connectivity index (χ0v) is 12.7. The van der Waals surface area contributed by atoms with Crippen molar-refractivity contribution < 1.29 is 4.79 Å². The van der Waals surface area contributed by atoms with Gasteiger partial charge in [-0.05, 0) is 44.0 Å². The molecule has 21 heavy (non-hydrogen) atoms. The molecule has 0 bridgehead atoms. The van der Waals surface area contributed by atoms with Crippen molar-refractivity contribution in [1.82, 2.24) is 9.88 Å². The molecular weight excluding hydrogens is 286 g/mol. The second-order valence-electron chi connectivity index (χ2n) is 5.67. The second kappa shape index (κ2) is 5.62. The highest BCUT2D eigenvalue weighted by Crippen LogP contribution is 2.28. The molecule has 2 N–H and O–H groups in total. The fraction of sp³-hybridized carbons (Fsp3) is 0.375. The molecule has 1 aromatic carbocycles. The lowest BCUT2D eigenvalue weighted by molar-refractivity contribution is 0.0745. The van der Waals surface area contributed by atoms with Gasteiger partial charge in [0.25, 0.3) is 5.91 Å². The number of likely N-dealkylation sites (tertiary alicyclic amines) is 1. The smallest absolute Gasteiger partial charge is 0.256 e. The van der Waals surface area contributed by atoms with Crippen LogP contribution in [0.15, 0.2) is 30.5 Å². The first-order chi connectivity index (χ1) is 10.1. The number of nitrogens with zero attached hydrogens (tertiary/aromatic N) is 2. The summed E-state index contributed by atoms with van der Waals surface area (Å²) in [6, 6.07) is 7.50. The van der Waals surface area contributed by atoms with E-state index >= 15 is 0 Å². The molecule has 1 saturated heterocycles. The van der Waals surface area contributed by atoms with E-state index in [-0.39, 0.29) is 11.9 Å². The van der Waals surface area contributed by atoms with Crippen LogP contribution in [0.1, 0.15) is 23.7 Å². The average molecular weight is 304 g/mol. The monoisotopic (exact) mass is 303 g/mol. The van der Waals surface area contributed by atoms with E-state index in [1.165, 1.54) is 0 Å². The van der Waals surface area contributed by atoms with E-state index in [0.717, 1.165) is 11.8 Å². The molecule has 4 nitrogen and oxygen atoms in total. The fourth-order valence-electron chi connectivity index (χ4n) is 3.07. The van der Waals surface area contributed by atoms with Crippen LogP contribution in [0, 0.1) is 5.92 Å². The molecule has 0 spiro atoms. The molecule has 0 aliphatic carbocycles. The molecule has 2 unspecified atom stereocenters. The number of carbonyl (C=O) groups excluding carboxylic acids is 1. The molecule has 3 rings (SSSR count). The van der Waals surface area contributed by atoms with Gasteiger partial charge in [0.1, 0.15) is 0 Å². The third kappa shape index (κ3) is 2.61. The quantitative estimate of drug-likeness (QED) is 0.928. The number of fused-ring (bicyclic) bond motifs is 1. The predicted octanol–water partition coefficient (Wildman–Crippen LogP) is 2.70. The van der Waals surface area contributed by atoms with Crippen molar-refractivity contribution in [3.05, 3.63) is 41.0 Å². The Balaban J connectivity index is 2.02. The summed E-state index contributed by atoms with van der Waals surface area (Å²) in [5.74, 6) is 0.368. The Morgan fingerprint density at radius 2 is 2.33 bits per heavy atom. The largest absolute Gasteiger partial charge is 0.336 e. The van der Waals surface area contributed by atoms with Gasteiger partial charge in [-0.2, -0.15) is 0 Å². The zero-order chi connectivity index (χ0) is 15.0. The maximum absolute atomic E-state index is 12.9. The Labute approximate surface area is 128 Å². The van der Waals surface area contributed by atoms with Gasteiger partial charge in [0.2, 0.25) is 0 Å². The first kappa shape index (κ1) is 14.3. The summed E-state index contributed by atoms with van der Waals surface area (Å²) in [7, 11) is 0. The lowest BCUT2D eigenvalue weighted by Crippen LogP contribution is -2.34. The van der Waals surface area contributed by atoms with Crippen LogP contribution in [-0.2, 0) is 0 Å². The van der Waals surface area contributed by atoms with Crippen molar-refractivity contribution in [1.29, 1.82) is 0 Å². The maximum Gasteiger partial charge on any atom is 0.256 e. The van der Waals surface area contributed by atoms with E-state index in [1.807, 2.05) is 23.1 Å². The second-order valence-corrected chi connectivity index (χ2v) is 6.11. The number of amides is 1. The third-order valence-corrected chi connectivity index (χ3v) is 4.37. The van der Waals surface area contributed by atoms with Gasteiger partial charge in [-0.15, -0.1) is 0 Å². The molecule has 2 heterocycles. The lowest BCUT2D eigenvalue weighted by atomic mass is 10.1. The van der Waals surface area contributed by atoms with Crippen molar-refractivity contribution in [3.63, 3.8) is 0 Å². The number of pyridine rings is 1. The van der Waals surface area contributed by atoms with Crippen molar-refractivity contribution in [2.75, 3.05) is 13.1 Å². The molecule has 0 radical (unpaired) electrons. The minimum atomic E-state index is -0.00958. The van der Waals surface area contributed by atoms with E-state index in [4.69, 9.17) is 17.3 Å². The van der Waals surface area contributed by atoms with Gasteiger partial charge in [0.15, 0.2) is 0 Å². The number of hydrogen-bond acceptors (Lipinski definition) is 3. The Morgan fingerprint density at radius 1 is 1.52 bits per heavy atom. The molecule has 110 valence electrons. The van der Waals surface area contributed by atoms with Crippen LogP contribution in [0.5, 0.6) is 0 Å². The number of halogens is 1. The molecule has 0 saturated carbocycles.